The van der Waals surface area contributed by atoms with Gasteiger partial charge in [-0.25, -0.2) is 4.98 Å². The standard InChI is InChI=1S/C21H19ClN2OS/c22-17-9-4-8-16(13-17)20-23-19(14-26-20)21(25)24-11-5-10-18(24)12-15-6-2-1-3-7-15/h1-4,6-9,13-14,18H,5,10-12H2. The highest BCUT2D eigenvalue weighted by Crippen LogP contribution is 2.28. The fraction of sp³-hybridized carbons (Fsp3) is 0.238. The first-order chi connectivity index (χ1) is 12.7. The predicted molar refractivity (Wildman–Crippen MR) is 107 cm³/mol. The second-order valence-corrected chi connectivity index (χ2v) is 7.83. The van der Waals surface area contributed by atoms with Crippen molar-refractivity contribution >= 4 is 28.8 Å². The number of rotatable bonds is 4. The van der Waals surface area contributed by atoms with Gasteiger partial charge in [-0.2, -0.15) is 0 Å². The Kier molecular flexibility index (Phi) is 5.05. The lowest BCUT2D eigenvalue weighted by atomic mass is 10.0. The molecule has 0 spiro atoms. The van der Waals surface area contributed by atoms with Gasteiger partial charge in [0.2, 0.25) is 0 Å². The number of likely N-dealkylation sites (tertiary alicyclic amines) is 1. The Morgan fingerprint density at radius 1 is 1.19 bits per heavy atom. The van der Waals surface area contributed by atoms with Crippen LogP contribution in [0.4, 0.5) is 0 Å². The summed E-state index contributed by atoms with van der Waals surface area (Å²) < 4.78 is 0. The largest absolute Gasteiger partial charge is 0.334 e. The smallest absolute Gasteiger partial charge is 0.273 e. The Bertz CT molecular complexity index is 909. The summed E-state index contributed by atoms with van der Waals surface area (Å²) in [6, 6.07) is 18.2. The molecule has 0 aliphatic carbocycles. The zero-order valence-corrected chi connectivity index (χ0v) is 15.8. The normalized spacial score (nSPS) is 16.8. The minimum Gasteiger partial charge on any atom is -0.334 e. The Labute approximate surface area is 162 Å². The molecule has 2 heterocycles. The molecule has 5 heteroatoms. The van der Waals surface area contributed by atoms with Crippen molar-refractivity contribution in [3.8, 4) is 10.6 Å². The van der Waals surface area contributed by atoms with Crippen molar-refractivity contribution in [1.29, 1.82) is 0 Å². The van der Waals surface area contributed by atoms with Gasteiger partial charge in [0.25, 0.3) is 5.91 Å². The van der Waals surface area contributed by atoms with Crippen LogP contribution in [0.15, 0.2) is 60.0 Å². The van der Waals surface area contributed by atoms with Gasteiger partial charge >= 0.3 is 0 Å². The van der Waals surface area contributed by atoms with E-state index in [0.29, 0.717) is 10.7 Å². The zero-order chi connectivity index (χ0) is 17.9. The molecule has 0 N–H and O–H groups in total. The first kappa shape index (κ1) is 17.3. The van der Waals surface area contributed by atoms with Gasteiger partial charge in [0.1, 0.15) is 10.7 Å². The molecule has 1 aliphatic rings. The van der Waals surface area contributed by atoms with Crippen LogP contribution in [0, 0.1) is 0 Å². The number of thiazole rings is 1. The van der Waals surface area contributed by atoms with Crippen molar-refractivity contribution in [2.75, 3.05) is 6.54 Å². The van der Waals surface area contributed by atoms with E-state index in [0.717, 1.165) is 36.4 Å². The topological polar surface area (TPSA) is 33.2 Å². The number of carbonyl (C=O) groups excluding carboxylic acids is 1. The van der Waals surface area contributed by atoms with Gasteiger partial charge in [-0.1, -0.05) is 54.1 Å². The highest BCUT2D eigenvalue weighted by molar-refractivity contribution is 7.13. The van der Waals surface area contributed by atoms with Crippen LogP contribution < -0.4 is 0 Å². The number of nitrogens with zero attached hydrogens (tertiary/aromatic N) is 2. The van der Waals surface area contributed by atoms with Crippen LogP contribution >= 0.6 is 22.9 Å². The predicted octanol–water partition coefficient (Wildman–Crippen LogP) is 5.31. The summed E-state index contributed by atoms with van der Waals surface area (Å²) in [4.78, 5) is 19.6. The number of aromatic nitrogens is 1. The molecular weight excluding hydrogens is 364 g/mol. The third kappa shape index (κ3) is 3.67. The van der Waals surface area contributed by atoms with Crippen LogP contribution in [0.1, 0.15) is 28.9 Å². The van der Waals surface area contributed by atoms with Crippen molar-refractivity contribution < 1.29 is 4.79 Å². The molecule has 4 rings (SSSR count). The van der Waals surface area contributed by atoms with Crippen molar-refractivity contribution in [2.24, 2.45) is 0 Å². The molecule has 3 nitrogen and oxygen atoms in total. The van der Waals surface area contributed by atoms with Gasteiger partial charge in [0.05, 0.1) is 0 Å². The molecule has 0 bridgehead atoms. The molecule has 2 aromatic carbocycles. The third-order valence-corrected chi connectivity index (χ3v) is 5.87. The first-order valence-electron chi connectivity index (χ1n) is 8.77. The molecule has 26 heavy (non-hydrogen) atoms. The summed E-state index contributed by atoms with van der Waals surface area (Å²) >= 11 is 7.55. The molecule has 1 aliphatic heterocycles. The highest BCUT2D eigenvalue weighted by Gasteiger charge is 2.30. The summed E-state index contributed by atoms with van der Waals surface area (Å²) in [5.41, 5.74) is 2.75. The van der Waals surface area contributed by atoms with Crippen LogP contribution in [0.2, 0.25) is 5.02 Å². The average molecular weight is 383 g/mol. The maximum atomic E-state index is 13.0. The molecule has 3 aromatic rings. The number of hydrogen-bond donors (Lipinski definition) is 0. The quantitative estimate of drug-likeness (QED) is 0.612. The van der Waals surface area contributed by atoms with E-state index in [1.807, 2.05) is 52.7 Å². The third-order valence-electron chi connectivity index (χ3n) is 4.75. The number of benzene rings is 2. The zero-order valence-electron chi connectivity index (χ0n) is 14.3. The van der Waals surface area contributed by atoms with E-state index >= 15 is 0 Å². The molecular formula is C21H19ClN2OS. The van der Waals surface area contributed by atoms with Crippen molar-refractivity contribution in [3.63, 3.8) is 0 Å². The first-order valence-corrected chi connectivity index (χ1v) is 10.0. The van der Waals surface area contributed by atoms with Crippen LogP contribution in [0.25, 0.3) is 10.6 Å². The summed E-state index contributed by atoms with van der Waals surface area (Å²) in [5.74, 6) is 0.0351. The van der Waals surface area contributed by atoms with Crippen LogP contribution in [0.5, 0.6) is 0 Å². The van der Waals surface area contributed by atoms with Crippen LogP contribution in [0.3, 0.4) is 0 Å². The van der Waals surface area contributed by atoms with E-state index in [4.69, 9.17) is 11.6 Å². The van der Waals surface area contributed by atoms with E-state index in [1.165, 1.54) is 16.9 Å². The lowest BCUT2D eigenvalue weighted by Gasteiger charge is -2.24. The fourth-order valence-electron chi connectivity index (χ4n) is 3.47. The van der Waals surface area contributed by atoms with Gasteiger partial charge < -0.3 is 4.90 Å². The van der Waals surface area contributed by atoms with Crippen molar-refractivity contribution in [2.45, 2.75) is 25.3 Å². The molecule has 132 valence electrons. The Morgan fingerprint density at radius 3 is 2.85 bits per heavy atom. The summed E-state index contributed by atoms with van der Waals surface area (Å²) in [6.07, 6.45) is 3.00. The van der Waals surface area contributed by atoms with Gasteiger partial charge in [-0.3, -0.25) is 4.79 Å². The highest BCUT2D eigenvalue weighted by atomic mass is 35.5. The van der Waals surface area contributed by atoms with Gasteiger partial charge in [0.15, 0.2) is 0 Å². The maximum absolute atomic E-state index is 13.0. The summed E-state index contributed by atoms with van der Waals surface area (Å²) in [6.45, 7) is 0.806. The van der Waals surface area contributed by atoms with Crippen LogP contribution in [-0.2, 0) is 6.42 Å². The molecule has 0 saturated carbocycles. The monoisotopic (exact) mass is 382 g/mol. The molecule has 1 atom stereocenters. The average Bonchev–Trinajstić information content (AvgIpc) is 3.32. The second-order valence-electron chi connectivity index (χ2n) is 6.53. The fourth-order valence-corrected chi connectivity index (χ4v) is 4.46. The lowest BCUT2D eigenvalue weighted by Crippen LogP contribution is -2.37. The maximum Gasteiger partial charge on any atom is 0.273 e. The van der Waals surface area contributed by atoms with Gasteiger partial charge in [-0.15, -0.1) is 11.3 Å². The minimum atomic E-state index is 0.0351. The molecule has 0 radical (unpaired) electrons. The van der Waals surface area contributed by atoms with Gasteiger partial charge in [-0.05, 0) is 37.0 Å². The minimum absolute atomic E-state index is 0.0351. The molecule has 1 fully saturated rings. The molecule has 1 unspecified atom stereocenters. The summed E-state index contributed by atoms with van der Waals surface area (Å²) in [7, 11) is 0. The molecule has 1 saturated heterocycles. The van der Waals surface area contributed by atoms with Crippen molar-refractivity contribution in [3.05, 3.63) is 76.3 Å². The Morgan fingerprint density at radius 2 is 2.04 bits per heavy atom. The van der Waals surface area contributed by atoms with E-state index in [-0.39, 0.29) is 11.9 Å². The van der Waals surface area contributed by atoms with E-state index in [1.54, 1.807) is 0 Å². The number of halogens is 1. The number of hydrogen-bond acceptors (Lipinski definition) is 3. The number of amides is 1. The Hall–Kier alpha value is -2.17. The van der Waals surface area contributed by atoms with Crippen LogP contribution in [-0.4, -0.2) is 28.4 Å². The van der Waals surface area contributed by atoms with E-state index in [2.05, 4.69) is 17.1 Å². The van der Waals surface area contributed by atoms with E-state index < -0.39 is 0 Å². The number of carbonyl (C=O) groups is 1. The van der Waals surface area contributed by atoms with E-state index in [9.17, 15) is 4.79 Å². The van der Waals surface area contributed by atoms with Crippen molar-refractivity contribution in [1.82, 2.24) is 9.88 Å². The molecule has 1 amide bonds. The summed E-state index contributed by atoms with van der Waals surface area (Å²) in [5, 5.41) is 3.36. The van der Waals surface area contributed by atoms with Gasteiger partial charge in [0, 0.05) is 28.6 Å². The SMILES string of the molecule is O=C(c1csc(-c2cccc(Cl)c2)n1)N1CCCC1Cc1ccccc1. The lowest BCUT2D eigenvalue weighted by molar-refractivity contribution is 0.0731. The second kappa shape index (κ2) is 7.60. The Balaban J connectivity index is 1.52. The molecule has 1 aromatic heterocycles.